The largest absolute Gasteiger partial charge is 0.355 e. The maximum atomic E-state index is 13.4. The number of hydrogen-bond donors (Lipinski definition) is 2. The van der Waals surface area contributed by atoms with Crippen molar-refractivity contribution in [3.63, 3.8) is 0 Å². The molecule has 2 amide bonds. The number of likely N-dealkylation sites (N-methyl/N-ethyl adjacent to an activating group) is 1. The van der Waals surface area contributed by atoms with Crippen molar-refractivity contribution in [1.29, 1.82) is 0 Å². The van der Waals surface area contributed by atoms with Gasteiger partial charge in [-0.15, -0.1) is 0 Å². The van der Waals surface area contributed by atoms with Gasteiger partial charge in [0, 0.05) is 44.0 Å². The lowest BCUT2D eigenvalue weighted by Crippen LogP contribution is -2.35. The number of nitrogens with one attached hydrogen (secondary N) is 2. The highest BCUT2D eigenvalue weighted by molar-refractivity contribution is 6.01. The summed E-state index contributed by atoms with van der Waals surface area (Å²) < 4.78 is 1.98. The van der Waals surface area contributed by atoms with Gasteiger partial charge in [-0.3, -0.25) is 9.59 Å². The number of carbonyl (C=O) groups is 2. The molecule has 2 aliphatic rings. The number of carbonyl (C=O) groups excluding carboxylic acids is 2. The molecule has 0 aliphatic heterocycles. The fourth-order valence-electron chi connectivity index (χ4n) is 5.11. The summed E-state index contributed by atoms with van der Waals surface area (Å²) in [6, 6.07) is 0. The number of unbranched alkanes of at least 4 members (excludes halogenated alkanes) is 4. The van der Waals surface area contributed by atoms with E-state index in [0.29, 0.717) is 24.4 Å². The molecule has 46 heavy (non-hydrogen) atoms. The minimum atomic E-state index is -0.0778. The quantitative estimate of drug-likeness (QED) is 0.211. The molecule has 258 valence electrons. The van der Waals surface area contributed by atoms with Gasteiger partial charge in [-0.2, -0.15) is 0 Å². The van der Waals surface area contributed by atoms with E-state index in [-0.39, 0.29) is 11.8 Å². The van der Waals surface area contributed by atoms with E-state index in [1.807, 2.05) is 66.8 Å². The predicted molar refractivity (Wildman–Crippen MR) is 197 cm³/mol. The number of allylic oxidation sites excluding steroid dienone is 5. The maximum absolute atomic E-state index is 13.4. The number of imidazole rings is 1. The van der Waals surface area contributed by atoms with Gasteiger partial charge in [-0.05, 0) is 76.9 Å². The van der Waals surface area contributed by atoms with Crippen molar-refractivity contribution in [3.8, 4) is 0 Å². The molecule has 0 spiro atoms. The van der Waals surface area contributed by atoms with E-state index >= 15 is 0 Å². The van der Waals surface area contributed by atoms with E-state index in [2.05, 4.69) is 56.4 Å². The smallest absolute Gasteiger partial charge is 0.253 e. The Kier molecular flexibility index (Phi) is 21.1. The zero-order chi connectivity index (χ0) is 34.3. The molecule has 3 rings (SSSR count). The topological polar surface area (TPSA) is 82.5 Å². The average Bonchev–Trinajstić information content (AvgIpc) is 3.26. The Morgan fingerprint density at radius 1 is 0.891 bits per heavy atom. The van der Waals surface area contributed by atoms with Crippen LogP contribution in [0.1, 0.15) is 106 Å². The maximum Gasteiger partial charge on any atom is 0.253 e. The molecular formula is C38H64N6O2. The fraction of sp³-hybridized carbons (Fsp3) is 0.605. The SMILES string of the molecule is CC.CCCCCN(C)CCC.CCCCN(CCCC)C(=O)C1=CCC=c2nc(NC3=CC=C(C(=O)NC)CC=C3)n(C)c2=C1. The lowest BCUT2D eigenvalue weighted by atomic mass is 10.1. The van der Waals surface area contributed by atoms with Crippen LogP contribution in [0.15, 0.2) is 47.2 Å². The van der Waals surface area contributed by atoms with Crippen LogP contribution in [0, 0.1) is 0 Å². The number of nitrogens with zero attached hydrogens (tertiary/aromatic N) is 4. The summed E-state index contributed by atoms with van der Waals surface area (Å²) in [5, 5.41) is 7.80. The van der Waals surface area contributed by atoms with Crippen molar-refractivity contribution < 1.29 is 9.59 Å². The lowest BCUT2D eigenvalue weighted by molar-refractivity contribution is -0.126. The van der Waals surface area contributed by atoms with Crippen LogP contribution < -0.4 is 21.3 Å². The molecule has 8 nitrogen and oxygen atoms in total. The number of aromatic nitrogens is 2. The Morgan fingerprint density at radius 3 is 2.17 bits per heavy atom. The van der Waals surface area contributed by atoms with Crippen LogP contribution in [-0.4, -0.2) is 71.4 Å². The van der Waals surface area contributed by atoms with Crippen LogP contribution in [0.4, 0.5) is 5.95 Å². The molecule has 8 heteroatoms. The molecular weight excluding hydrogens is 572 g/mol. The van der Waals surface area contributed by atoms with Gasteiger partial charge in [0.2, 0.25) is 11.9 Å². The Labute approximate surface area is 280 Å². The summed E-state index contributed by atoms with van der Waals surface area (Å²) >= 11 is 0. The van der Waals surface area contributed by atoms with Crippen LogP contribution >= 0.6 is 0 Å². The molecule has 2 aliphatic carbocycles. The molecule has 1 heterocycles. The normalized spacial score (nSPS) is 13.5. The summed E-state index contributed by atoms with van der Waals surface area (Å²) in [4.78, 5) is 34.5. The van der Waals surface area contributed by atoms with Gasteiger partial charge in [0.25, 0.3) is 5.91 Å². The van der Waals surface area contributed by atoms with E-state index in [1.165, 1.54) is 38.8 Å². The second-order valence-electron chi connectivity index (χ2n) is 11.6. The molecule has 0 aromatic carbocycles. The minimum absolute atomic E-state index is 0.0778. The Bertz CT molecular complexity index is 1290. The highest BCUT2D eigenvalue weighted by atomic mass is 16.2. The first-order chi connectivity index (χ1) is 22.3. The van der Waals surface area contributed by atoms with Gasteiger partial charge in [0.1, 0.15) is 0 Å². The summed E-state index contributed by atoms with van der Waals surface area (Å²) in [7, 11) is 5.79. The van der Waals surface area contributed by atoms with E-state index < -0.39 is 0 Å². The van der Waals surface area contributed by atoms with Gasteiger partial charge in [0.05, 0.1) is 10.7 Å². The zero-order valence-corrected chi connectivity index (χ0v) is 30.5. The first-order valence-corrected chi connectivity index (χ1v) is 17.8. The first kappa shape index (κ1) is 40.6. The first-order valence-electron chi connectivity index (χ1n) is 17.8. The third-order valence-electron chi connectivity index (χ3n) is 7.83. The number of anilines is 1. The third-order valence-corrected chi connectivity index (χ3v) is 7.83. The second kappa shape index (κ2) is 23.9. The number of hydrogen-bond acceptors (Lipinski definition) is 5. The molecule has 2 N–H and O–H groups in total. The van der Waals surface area contributed by atoms with E-state index in [9.17, 15) is 9.59 Å². The van der Waals surface area contributed by atoms with Crippen molar-refractivity contribution in [1.82, 2.24) is 24.7 Å². The summed E-state index contributed by atoms with van der Waals surface area (Å²) in [6.07, 6.45) is 24.4. The molecule has 1 aromatic rings. The minimum Gasteiger partial charge on any atom is -0.355 e. The number of rotatable bonds is 16. The second-order valence-corrected chi connectivity index (χ2v) is 11.6. The van der Waals surface area contributed by atoms with Crippen LogP contribution in [0.25, 0.3) is 12.2 Å². The summed E-state index contributed by atoms with van der Waals surface area (Å²) in [5.41, 5.74) is 2.28. The van der Waals surface area contributed by atoms with Crippen molar-refractivity contribution >= 4 is 29.9 Å². The average molecular weight is 637 g/mol. The van der Waals surface area contributed by atoms with Crippen LogP contribution in [-0.2, 0) is 16.6 Å². The molecule has 1 aromatic heterocycles. The fourth-order valence-corrected chi connectivity index (χ4v) is 5.11. The van der Waals surface area contributed by atoms with Crippen LogP contribution in [0.3, 0.4) is 0 Å². The molecule has 0 radical (unpaired) electrons. The lowest BCUT2D eigenvalue weighted by Gasteiger charge is -2.23. The summed E-state index contributed by atoms with van der Waals surface area (Å²) in [6.45, 7) is 16.9. The standard InChI is InChI=1S/C27H37N5O2.C9H21N.C2H6/c1-5-7-17-32(18-8-6-2)26(34)21-12-10-14-23-24(19-21)31(4)27(30-23)29-22-13-9-11-20(15-16-22)25(33)28-3;1-4-6-7-9-10(3)8-5-2;1-2/h9,12-16,19H,5-8,10-11,17-18H2,1-4H3,(H,28,33)(H,29,30);4-9H2,1-3H3;1-2H3. The Balaban J connectivity index is 0.000000753. The molecule has 0 saturated heterocycles. The number of amides is 2. The van der Waals surface area contributed by atoms with Gasteiger partial charge < -0.3 is 25.0 Å². The molecule has 0 fully saturated rings. The van der Waals surface area contributed by atoms with Crippen molar-refractivity contribution in [2.45, 2.75) is 106 Å². The number of fused-ring (bicyclic) bond motifs is 1. The summed E-state index contributed by atoms with van der Waals surface area (Å²) in [5.74, 6) is 0.707. The molecule has 0 atom stereocenters. The highest BCUT2D eigenvalue weighted by Crippen LogP contribution is 2.14. The van der Waals surface area contributed by atoms with Gasteiger partial charge >= 0.3 is 0 Å². The van der Waals surface area contributed by atoms with E-state index in [0.717, 1.165) is 60.7 Å². The van der Waals surface area contributed by atoms with Crippen molar-refractivity contribution in [2.75, 3.05) is 45.6 Å². The van der Waals surface area contributed by atoms with Crippen LogP contribution in [0.5, 0.6) is 0 Å². The van der Waals surface area contributed by atoms with Crippen LogP contribution in [0.2, 0.25) is 0 Å². The van der Waals surface area contributed by atoms with Crippen molar-refractivity contribution in [2.24, 2.45) is 7.05 Å². The predicted octanol–water partition coefficient (Wildman–Crippen LogP) is 6.21. The van der Waals surface area contributed by atoms with E-state index in [4.69, 9.17) is 4.98 Å². The third kappa shape index (κ3) is 13.9. The Morgan fingerprint density at radius 2 is 1.57 bits per heavy atom. The molecule has 0 saturated carbocycles. The van der Waals surface area contributed by atoms with E-state index in [1.54, 1.807) is 7.05 Å². The Hall–Kier alpha value is -3.39. The van der Waals surface area contributed by atoms with Gasteiger partial charge in [-0.1, -0.05) is 91.5 Å². The monoisotopic (exact) mass is 637 g/mol. The zero-order valence-electron chi connectivity index (χ0n) is 30.5. The van der Waals surface area contributed by atoms with Crippen molar-refractivity contribution in [3.05, 3.63) is 57.9 Å². The molecule has 0 unspecified atom stereocenters. The highest BCUT2D eigenvalue weighted by Gasteiger charge is 2.18. The van der Waals surface area contributed by atoms with Gasteiger partial charge in [0.15, 0.2) is 0 Å². The van der Waals surface area contributed by atoms with Gasteiger partial charge in [-0.25, -0.2) is 4.98 Å². The molecule has 0 bridgehead atoms.